The smallest absolute Gasteiger partial charge is 0.402 e. The first-order chi connectivity index (χ1) is 8.93. The molecule has 0 atom stereocenters. The van der Waals surface area contributed by atoms with Crippen molar-refractivity contribution in [2.45, 2.75) is 17.3 Å². The summed E-state index contributed by atoms with van der Waals surface area (Å²) in [6.07, 6.45) is -4.83. The van der Waals surface area contributed by atoms with Crippen LogP contribution in [0.3, 0.4) is 0 Å². The zero-order chi connectivity index (χ0) is 15.7. The van der Waals surface area contributed by atoms with E-state index in [4.69, 9.17) is 5.11 Å². The number of hydrogen-bond acceptors (Lipinski definition) is 4. The molecule has 1 aromatic rings. The van der Waals surface area contributed by atoms with Crippen molar-refractivity contribution < 1.29 is 31.5 Å². The third-order valence-electron chi connectivity index (χ3n) is 2.10. The molecular formula is C9H9BrF3NO4S2. The highest BCUT2D eigenvalue weighted by Crippen LogP contribution is 2.33. The summed E-state index contributed by atoms with van der Waals surface area (Å²) in [5.41, 5.74) is 0.538. The van der Waals surface area contributed by atoms with E-state index >= 15 is 0 Å². The van der Waals surface area contributed by atoms with E-state index in [1.807, 2.05) is 0 Å². The van der Waals surface area contributed by atoms with Crippen LogP contribution >= 0.6 is 27.3 Å². The third kappa shape index (κ3) is 4.43. The Balaban J connectivity index is 3.20. The highest BCUT2D eigenvalue weighted by atomic mass is 79.9. The number of carboxylic acid groups (broad SMARTS) is 1. The summed E-state index contributed by atoms with van der Waals surface area (Å²) in [4.78, 5) is 10.6. The number of nitrogens with zero attached hydrogens (tertiary/aromatic N) is 1. The van der Waals surface area contributed by atoms with Gasteiger partial charge in [-0.05, 0) is 34.5 Å². The zero-order valence-electron chi connectivity index (χ0n) is 9.94. The lowest BCUT2D eigenvalue weighted by molar-refractivity contribution is -0.145. The molecule has 0 aromatic carbocycles. The van der Waals surface area contributed by atoms with E-state index in [0.29, 0.717) is 9.35 Å². The largest absolute Gasteiger partial charge is 0.480 e. The van der Waals surface area contributed by atoms with Gasteiger partial charge in [0.25, 0.3) is 10.0 Å². The minimum atomic E-state index is -4.83. The van der Waals surface area contributed by atoms with Gasteiger partial charge in [0.2, 0.25) is 0 Å². The Labute approximate surface area is 125 Å². The monoisotopic (exact) mass is 395 g/mol. The molecule has 0 saturated carbocycles. The molecule has 0 aliphatic heterocycles. The number of rotatable bonds is 5. The van der Waals surface area contributed by atoms with Crippen molar-refractivity contribution in [3.63, 3.8) is 0 Å². The molecule has 0 saturated heterocycles. The first kappa shape index (κ1) is 17.4. The molecule has 0 unspecified atom stereocenters. The Hall–Kier alpha value is -0.650. The van der Waals surface area contributed by atoms with Gasteiger partial charge in [0, 0.05) is 0 Å². The van der Waals surface area contributed by atoms with Crippen LogP contribution in [0.15, 0.2) is 14.1 Å². The highest BCUT2D eigenvalue weighted by Gasteiger charge is 2.38. The number of thiophene rings is 1. The lowest BCUT2D eigenvalue weighted by Crippen LogP contribution is -2.41. The molecule has 0 fully saturated rings. The molecule has 20 heavy (non-hydrogen) atoms. The van der Waals surface area contributed by atoms with Crippen molar-refractivity contribution in [2.24, 2.45) is 0 Å². The van der Waals surface area contributed by atoms with E-state index in [9.17, 15) is 26.4 Å². The fourth-order valence-electron chi connectivity index (χ4n) is 1.26. The number of aliphatic carboxylic acids is 1. The van der Waals surface area contributed by atoms with Gasteiger partial charge in [0.15, 0.2) is 0 Å². The van der Waals surface area contributed by atoms with Crippen LogP contribution in [0.1, 0.15) is 5.56 Å². The normalized spacial score (nSPS) is 12.9. The van der Waals surface area contributed by atoms with E-state index in [2.05, 4.69) is 15.9 Å². The molecule has 0 amide bonds. The van der Waals surface area contributed by atoms with Crippen molar-refractivity contribution >= 4 is 43.3 Å². The zero-order valence-corrected chi connectivity index (χ0v) is 13.2. The van der Waals surface area contributed by atoms with Gasteiger partial charge >= 0.3 is 12.1 Å². The van der Waals surface area contributed by atoms with E-state index in [1.54, 1.807) is 6.92 Å². The fourth-order valence-corrected chi connectivity index (χ4v) is 5.02. The molecule has 114 valence electrons. The topological polar surface area (TPSA) is 74.7 Å². The summed E-state index contributed by atoms with van der Waals surface area (Å²) in [6.45, 7) is -1.53. The van der Waals surface area contributed by atoms with Crippen molar-refractivity contribution in [1.82, 2.24) is 4.31 Å². The van der Waals surface area contributed by atoms with E-state index in [1.165, 1.54) is 6.07 Å². The van der Waals surface area contributed by atoms with Gasteiger partial charge in [0.05, 0.1) is 3.79 Å². The Bertz CT molecular complexity index is 592. The first-order valence-corrected chi connectivity index (χ1v) is 8.03. The number of carboxylic acids is 1. The van der Waals surface area contributed by atoms with E-state index in [-0.39, 0.29) is 8.51 Å². The number of halogens is 4. The molecule has 0 aliphatic carbocycles. The van der Waals surface area contributed by atoms with Crippen LogP contribution in [0.5, 0.6) is 0 Å². The van der Waals surface area contributed by atoms with Gasteiger partial charge in [0.1, 0.15) is 17.3 Å². The average molecular weight is 396 g/mol. The Morgan fingerprint density at radius 3 is 2.40 bits per heavy atom. The molecule has 0 bridgehead atoms. The van der Waals surface area contributed by atoms with Crippen molar-refractivity contribution in [3.8, 4) is 0 Å². The lowest BCUT2D eigenvalue weighted by Gasteiger charge is -2.20. The van der Waals surface area contributed by atoms with Gasteiger partial charge in [-0.2, -0.15) is 17.5 Å². The van der Waals surface area contributed by atoms with Gasteiger partial charge in [-0.25, -0.2) is 8.42 Å². The quantitative estimate of drug-likeness (QED) is 0.830. The minimum absolute atomic E-state index is 0.104. The summed E-state index contributed by atoms with van der Waals surface area (Å²) in [6, 6.07) is 1.19. The van der Waals surface area contributed by atoms with Crippen LogP contribution in [0.2, 0.25) is 0 Å². The summed E-state index contributed by atoms with van der Waals surface area (Å²) < 4.78 is 61.3. The molecule has 1 rings (SSSR count). The van der Waals surface area contributed by atoms with Crippen LogP contribution in [0.25, 0.3) is 0 Å². The molecule has 0 aliphatic rings. The van der Waals surface area contributed by atoms with Crippen molar-refractivity contribution in [1.29, 1.82) is 0 Å². The Morgan fingerprint density at radius 2 is 2.05 bits per heavy atom. The second-order valence-corrected chi connectivity index (χ2v) is 8.34. The maximum absolute atomic E-state index is 12.4. The maximum Gasteiger partial charge on any atom is 0.402 e. The SMILES string of the molecule is Cc1cc(S(=O)(=O)N(CC(=O)O)CC(F)(F)F)sc1Br. The molecule has 1 aromatic heterocycles. The number of sulfonamides is 1. The summed E-state index contributed by atoms with van der Waals surface area (Å²) in [7, 11) is -4.51. The second-order valence-electron chi connectivity index (χ2n) is 3.80. The molecule has 1 heterocycles. The Morgan fingerprint density at radius 1 is 1.50 bits per heavy atom. The van der Waals surface area contributed by atoms with Crippen LogP contribution < -0.4 is 0 Å². The standard InChI is InChI=1S/C9H9BrF3NO4S2/c1-5-2-7(19-8(5)10)20(17,18)14(3-6(15)16)4-9(11,12)13/h2H,3-4H2,1H3,(H,15,16). The molecule has 0 spiro atoms. The molecular weight excluding hydrogens is 387 g/mol. The average Bonchev–Trinajstić information content (AvgIpc) is 2.56. The predicted octanol–water partition coefficient (Wildman–Crippen LogP) is 2.46. The van der Waals surface area contributed by atoms with Gasteiger partial charge in [-0.3, -0.25) is 4.79 Å². The van der Waals surface area contributed by atoms with Crippen LogP contribution in [-0.4, -0.2) is 43.1 Å². The molecule has 1 N–H and O–H groups in total. The fraction of sp³-hybridized carbons (Fsp3) is 0.444. The number of hydrogen-bond donors (Lipinski definition) is 1. The van der Waals surface area contributed by atoms with Gasteiger partial charge < -0.3 is 5.11 Å². The summed E-state index contributed by atoms with van der Waals surface area (Å²) >= 11 is 3.80. The maximum atomic E-state index is 12.4. The van der Waals surface area contributed by atoms with Gasteiger partial charge in [-0.15, -0.1) is 11.3 Å². The Kier molecular flexibility index (Phi) is 5.22. The molecule has 5 nitrogen and oxygen atoms in total. The number of alkyl halides is 3. The van der Waals surface area contributed by atoms with Crippen LogP contribution in [0, 0.1) is 6.92 Å². The van der Waals surface area contributed by atoms with E-state index in [0.717, 1.165) is 11.3 Å². The molecule has 11 heteroatoms. The highest BCUT2D eigenvalue weighted by molar-refractivity contribution is 9.11. The predicted molar refractivity (Wildman–Crippen MR) is 69.2 cm³/mol. The first-order valence-electron chi connectivity index (χ1n) is 4.98. The van der Waals surface area contributed by atoms with Crippen molar-refractivity contribution in [2.75, 3.05) is 13.1 Å². The van der Waals surface area contributed by atoms with Crippen LogP contribution in [0.4, 0.5) is 13.2 Å². The second kappa shape index (κ2) is 6.00. The van der Waals surface area contributed by atoms with Gasteiger partial charge in [-0.1, -0.05) is 0 Å². The summed E-state index contributed by atoms with van der Waals surface area (Å²) in [5.74, 6) is -1.66. The number of aryl methyl sites for hydroxylation is 1. The minimum Gasteiger partial charge on any atom is -0.480 e. The third-order valence-corrected chi connectivity index (χ3v) is 6.47. The number of carbonyl (C=O) groups is 1. The lowest BCUT2D eigenvalue weighted by atomic mass is 10.4. The summed E-state index contributed by atoms with van der Waals surface area (Å²) in [5, 5.41) is 8.57. The van der Waals surface area contributed by atoms with E-state index < -0.39 is 35.3 Å². The van der Waals surface area contributed by atoms with Crippen LogP contribution in [-0.2, 0) is 14.8 Å². The van der Waals surface area contributed by atoms with Crippen molar-refractivity contribution in [3.05, 3.63) is 15.4 Å². The molecule has 0 radical (unpaired) electrons.